The Morgan fingerprint density at radius 3 is 2.86 bits per heavy atom. The van der Waals surface area contributed by atoms with Crippen LogP contribution in [-0.4, -0.2) is 20.3 Å². The molecule has 0 aliphatic rings. The third kappa shape index (κ3) is 3.20. The summed E-state index contributed by atoms with van der Waals surface area (Å²) >= 11 is 5.92. The smallest absolute Gasteiger partial charge is 0.0635 e. The van der Waals surface area contributed by atoms with E-state index in [2.05, 4.69) is 18.3 Å². The number of hydrogen-bond donors (Lipinski definition) is 1. The van der Waals surface area contributed by atoms with Gasteiger partial charge in [0.25, 0.3) is 0 Å². The fourth-order valence-electron chi connectivity index (χ4n) is 1.31. The molecule has 1 aromatic carbocycles. The summed E-state index contributed by atoms with van der Waals surface area (Å²) in [5, 5.41) is 4.06. The Morgan fingerprint density at radius 2 is 2.21 bits per heavy atom. The molecule has 0 saturated carbocycles. The summed E-state index contributed by atoms with van der Waals surface area (Å²) in [6, 6.07) is 5.93. The number of benzene rings is 1. The van der Waals surface area contributed by atoms with Gasteiger partial charge in [-0.3, -0.25) is 0 Å². The van der Waals surface area contributed by atoms with Gasteiger partial charge in [0.1, 0.15) is 0 Å². The molecule has 0 bridgehead atoms. The fraction of sp³-hybridized carbons (Fsp3) is 0.455. The third-order valence-corrected chi connectivity index (χ3v) is 2.31. The highest BCUT2D eigenvalue weighted by Crippen LogP contribution is 2.21. The van der Waals surface area contributed by atoms with Crippen molar-refractivity contribution >= 4 is 17.3 Å². The Labute approximate surface area is 90.2 Å². The molecule has 2 nitrogen and oxygen atoms in total. The van der Waals surface area contributed by atoms with Crippen LogP contribution in [0.3, 0.4) is 0 Å². The van der Waals surface area contributed by atoms with Gasteiger partial charge in [-0.1, -0.05) is 24.6 Å². The highest BCUT2D eigenvalue weighted by atomic mass is 35.5. The molecular weight excluding hydrogens is 198 g/mol. The Kier molecular flexibility index (Phi) is 4.77. The number of anilines is 1. The molecule has 78 valence electrons. The van der Waals surface area contributed by atoms with Crippen molar-refractivity contribution in [2.75, 3.05) is 25.6 Å². The van der Waals surface area contributed by atoms with E-state index in [1.807, 2.05) is 12.1 Å². The van der Waals surface area contributed by atoms with Gasteiger partial charge in [-0.15, -0.1) is 0 Å². The van der Waals surface area contributed by atoms with E-state index in [0.717, 1.165) is 23.7 Å². The van der Waals surface area contributed by atoms with Gasteiger partial charge in [0.2, 0.25) is 0 Å². The second-order valence-corrected chi connectivity index (χ2v) is 3.51. The maximum Gasteiger partial charge on any atom is 0.0635 e. The molecule has 0 unspecified atom stereocenters. The van der Waals surface area contributed by atoms with Crippen LogP contribution in [-0.2, 0) is 11.2 Å². The van der Waals surface area contributed by atoms with Gasteiger partial charge >= 0.3 is 0 Å². The summed E-state index contributed by atoms with van der Waals surface area (Å²) in [6.07, 6.45) is 1.01. The van der Waals surface area contributed by atoms with Crippen molar-refractivity contribution in [1.29, 1.82) is 0 Å². The Morgan fingerprint density at radius 1 is 1.43 bits per heavy atom. The molecule has 0 atom stereocenters. The standard InChI is InChI=1S/C11H16ClNO/c1-3-9-4-5-10(12)8-11(9)13-6-7-14-2/h4-5,8,13H,3,6-7H2,1-2H3. The van der Waals surface area contributed by atoms with E-state index in [-0.39, 0.29) is 0 Å². The minimum Gasteiger partial charge on any atom is -0.383 e. The topological polar surface area (TPSA) is 21.3 Å². The Bertz CT molecular complexity index is 289. The number of methoxy groups -OCH3 is 1. The molecule has 3 heteroatoms. The lowest BCUT2D eigenvalue weighted by atomic mass is 10.1. The average Bonchev–Trinajstić information content (AvgIpc) is 2.19. The monoisotopic (exact) mass is 213 g/mol. The van der Waals surface area contributed by atoms with E-state index in [4.69, 9.17) is 16.3 Å². The number of halogens is 1. The molecule has 14 heavy (non-hydrogen) atoms. The summed E-state index contributed by atoms with van der Waals surface area (Å²) in [6.45, 7) is 3.64. The molecule has 1 rings (SSSR count). The van der Waals surface area contributed by atoms with Gasteiger partial charge in [-0.2, -0.15) is 0 Å². The summed E-state index contributed by atoms with van der Waals surface area (Å²) in [5.74, 6) is 0. The maximum absolute atomic E-state index is 5.92. The molecule has 0 amide bonds. The predicted molar refractivity (Wildman–Crippen MR) is 61.2 cm³/mol. The second-order valence-electron chi connectivity index (χ2n) is 3.07. The third-order valence-electron chi connectivity index (χ3n) is 2.07. The first-order valence-electron chi connectivity index (χ1n) is 4.79. The van der Waals surface area contributed by atoms with Crippen LogP contribution >= 0.6 is 11.6 Å². The van der Waals surface area contributed by atoms with Crippen LogP contribution in [0.4, 0.5) is 5.69 Å². The van der Waals surface area contributed by atoms with Crippen LogP contribution in [0.15, 0.2) is 18.2 Å². The molecule has 0 aromatic heterocycles. The van der Waals surface area contributed by atoms with Crippen molar-refractivity contribution in [3.05, 3.63) is 28.8 Å². The van der Waals surface area contributed by atoms with E-state index in [9.17, 15) is 0 Å². The molecule has 0 radical (unpaired) electrons. The van der Waals surface area contributed by atoms with Crippen LogP contribution in [0.5, 0.6) is 0 Å². The van der Waals surface area contributed by atoms with Crippen LogP contribution in [0.25, 0.3) is 0 Å². The summed E-state index contributed by atoms with van der Waals surface area (Å²) in [5.41, 5.74) is 2.39. The van der Waals surface area contributed by atoms with E-state index in [0.29, 0.717) is 6.61 Å². The number of hydrogen-bond acceptors (Lipinski definition) is 2. The minimum atomic E-state index is 0.704. The quantitative estimate of drug-likeness (QED) is 0.760. The largest absolute Gasteiger partial charge is 0.383 e. The van der Waals surface area contributed by atoms with Crippen LogP contribution in [0.2, 0.25) is 5.02 Å². The van der Waals surface area contributed by atoms with E-state index in [1.165, 1.54) is 5.56 Å². The summed E-state index contributed by atoms with van der Waals surface area (Å²) in [4.78, 5) is 0. The van der Waals surface area contributed by atoms with Crippen LogP contribution in [0, 0.1) is 0 Å². The first-order chi connectivity index (χ1) is 6.77. The minimum absolute atomic E-state index is 0.704. The van der Waals surface area contributed by atoms with E-state index >= 15 is 0 Å². The molecular formula is C11H16ClNO. The number of nitrogens with one attached hydrogen (secondary N) is 1. The van der Waals surface area contributed by atoms with Crippen molar-refractivity contribution in [2.24, 2.45) is 0 Å². The zero-order chi connectivity index (χ0) is 10.4. The second kappa shape index (κ2) is 5.89. The van der Waals surface area contributed by atoms with Gasteiger partial charge in [0.15, 0.2) is 0 Å². The van der Waals surface area contributed by atoms with Gasteiger partial charge in [0.05, 0.1) is 6.61 Å². The number of ether oxygens (including phenoxy) is 1. The van der Waals surface area contributed by atoms with Gasteiger partial charge in [-0.05, 0) is 24.1 Å². The number of rotatable bonds is 5. The molecule has 1 N–H and O–H groups in total. The zero-order valence-corrected chi connectivity index (χ0v) is 9.40. The molecule has 0 spiro atoms. The summed E-state index contributed by atoms with van der Waals surface area (Å²) in [7, 11) is 1.69. The number of aryl methyl sites for hydroxylation is 1. The predicted octanol–water partition coefficient (Wildman–Crippen LogP) is 2.96. The van der Waals surface area contributed by atoms with Crippen molar-refractivity contribution in [3.63, 3.8) is 0 Å². The lowest BCUT2D eigenvalue weighted by molar-refractivity contribution is 0.211. The lowest BCUT2D eigenvalue weighted by Crippen LogP contribution is -2.09. The molecule has 0 heterocycles. The molecule has 0 aliphatic carbocycles. The highest BCUT2D eigenvalue weighted by molar-refractivity contribution is 6.30. The van der Waals surface area contributed by atoms with Gasteiger partial charge < -0.3 is 10.1 Å². The van der Waals surface area contributed by atoms with Gasteiger partial charge in [0, 0.05) is 24.4 Å². The molecule has 0 saturated heterocycles. The average molecular weight is 214 g/mol. The first kappa shape index (κ1) is 11.3. The summed E-state index contributed by atoms with van der Waals surface area (Å²) < 4.78 is 4.97. The Hall–Kier alpha value is -0.730. The van der Waals surface area contributed by atoms with E-state index in [1.54, 1.807) is 7.11 Å². The highest BCUT2D eigenvalue weighted by Gasteiger charge is 2.00. The van der Waals surface area contributed by atoms with Crippen molar-refractivity contribution in [2.45, 2.75) is 13.3 Å². The Balaban J connectivity index is 2.67. The van der Waals surface area contributed by atoms with Crippen molar-refractivity contribution in [3.8, 4) is 0 Å². The van der Waals surface area contributed by atoms with Crippen LogP contribution in [0.1, 0.15) is 12.5 Å². The van der Waals surface area contributed by atoms with Crippen molar-refractivity contribution < 1.29 is 4.74 Å². The molecule has 1 aromatic rings. The molecule has 0 aliphatic heterocycles. The maximum atomic E-state index is 5.92. The normalized spacial score (nSPS) is 10.2. The lowest BCUT2D eigenvalue weighted by Gasteiger charge is -2.10. The van der Waals surface area contributed by atoms with Gasteiger partial charge in [-0.25, -0.2) is 0 Å². The fourth-order valence-corrected chi connectivity index (χ4v) is 1.48. The van der Waals surface area contributed by atoms with Crippen molar-refractivity contribution in [1.82, 2.24) is 0 Å². The van der Waals surface area contributed by atoms with E-state index < -0.39 is 0 Å². The first-order valence-corrected chi connectivity index (χ1v) is 5.17. The zero-order valence-electron chi connectivity index (χ0n) is 8.64. The van der Waals surface area contributed by atoms with Crippen LogP contribution < -0.4 is 5.32 Å². The SMILES string of the molecule is CCc1ccc(Cl)cc1NCCOC. The molecule has 0 fully saturated rings.